The summed E-state index contributed by atoms with van der Waals surface area (Å²) in [5.41, 5.74) is 0.144. The molecule has 2 fully saturated rings. The lowest BCUT2D eigenvalue weighted by atomic mass is 9.59. The lowest BCUT2D eigenvalue weighted by Gasteiger charge is -2.55. The number of carbonyl (C=O) groups excluding carboxylic acids is 2. The third kappa shape index (κ3) is 1.98. The number of hydrogen-bond donors (Lipinski definition) is 1. The molecule has 5 nitrogen and oxygen atoms in total. The Labute approximate surface area is 165 Å². The summed E-state index contributed by atoms with van der Waals surface area (Å²) in [5.74, 6) is 1.73. The predicted molar refractivity (Wildman–Crippen MR) is 104 cm³/mol. The molecular weight excluding hydrogens is 356 g/mol. The highest BCUT2D eigenvalue weighted by Crippen LogP contribution is 2.69. The Hall–Kier alpha value is -2.04. The minimum Gasteiger partial charge on any atom is -0.506 e. The Balaban J connectivity index is 1.79. The average Bonchev–Trinajstić information content (AvgIpc) is 3.17. The molecule has 28 heavy (non-hydrogen) atoms. The smallest absolute Gasteiger partial charge is 0.157 e. The third-order valence-electron chi connectivity index (χ3n) is 8.29. The largest absolute Gasteiger partial charge is 0.506 e. The first kappa shape index (κ1) is 18.0. The highest BCUT2D eigenvalue weighted by atomic mass is 16.5. The number of phenols is 1. The molecular formula is C23H28O5. The first-order valence-electron chi connectivity index (χ1n) is 10.4. The number of aldehydes is 2. The van der Waals surface area contributed by atoms with Crippen LogP contribution in [0.4, 0.5) is 0 Å². The van der Waals surface area contributed by atoms with Crippen molar-refractivity contribution in [3.05, 3.63) is 16.7 Å². The summed E-state index contributed by atoms with van der Waals surface area (Å²) in [4.78, 5) is 23.7. The van der Waals surface area contributed by atoms with E-state index in [0.29, 0.717) is 35.9 Å². The molecule has 4 atom stereocenters. The Bertz CT molecular complexity index is 899. The molecule has 2 saturated carbocycles. The molecule has 0 saturated heterocycles. The van der Waals surface area contributed by atoms with Crippen LogP contribution in [0.1, 0.15) is 92.0 Å². The minimum atomic E-state index is -0.456. The van der Waals surface area contributed by atoms with E-state index in [-0.39, 0.29) is 33.8 Å². The maximum atomic E-state index is 11.9. The molecule has 2 bridgehead atoms. The van der Waals surface area contributed by atoms with Crippen molar-refractivity contribution in [3.8, 4) is 17.2 Å². The van der Waals surface area contributed by atoms with Crippen LogP contribution in [-0.4, -0.2) is 28.9 Å². The average molecular weight is 384 g/mol. The molecule has 2 heterocycles. The fourth-order valence-electron chi connectivity index (χ4n) is 6.92. The Morgan fingerprint density at radius 3 is 2.11 bits per heavy atom. The summed E-state index contributed by atoms with van der Waals surface area (Å²) in [6, 6.07) is 0. The minimum absolute atomic E-state index is 0.00464. The van der Waals surface area contributed by atoms with Gasteiger partial charge in [0.2, 0.25) is 0 Å². The summed E-state index contributed by atoms with van der Waals surface area (Å²) < 4.78 is 12.9. The number of phenolic OH excluding ortho intramolecular Hbond substituents is 1. The molecule has 0 radical (unpaired) electrons. The number of fused-ring (bicyclic) bond motifs is 3. The van der Waals surface area contributed by atoms with Crippen molar-refractivity contribution in [2.24, 2.45) is 17.3 Å². The first-order chi connectivity index (χ1) is 13.1. The van der Waals surface area contributed by atoms with Crippen LogP contribution in [0.25, 0.3) is 0 Å². The lowest BCUT2D eigenvalue weighted by Crippen LogP contribution is -2.57. The molecule has 2 unspecified atom stereocenters. The normalized spacial score (nSPS) is 35.8. The van der Waals surface area contributed by atoms with Crippen molar-refractivity contribution < 1.29 is 24.2 Å². The van der Waals surface area contributed by atoms with Gasteiger partial charge in [-0.05, 0) is 63.7 Å². The van der Waals surface area contributed by atoms with Gasteiger partial charge < -0.3 is 14.6 Å². The van der Waals surface area contributed by atoms with E-state index in [1.165, 1.54) is 6.42 Å². The monoisotopic (exact) mass is 384 g/mol. The second kappa shape index (κ2) is 5.31. The van der Waals surface area contributed by atoms with Crippen molar-refractivity contribution in [2.45, 2.75) is 76.9 Å². The van der Waals surface area contributed by atoms with Gasteiger partial charge in [-0.3, -0.25) is 9.59 Å². The van der Waals surface area contributed by atoms with Crippen molar-refractivity contribution in [2.75, 3.05) is 0 Å². The van der Waals surface area contributed by atoms with Gasteiger partial charge >= 0.3 is 0 Å². The van der Waals surface area contributed by atoms with Crippen molar-refractivity contribution >= 4 is 12.6 Å². The van der Waals surface area contributed by atoms with Crippen LogP contribution in [-0.2, 0) is 0 Å². The highest BCUT2D eigenvalue weighted by Gasteiger charge is 2.67. The van der Waals surface area contributed by atoms with Crippen LogP contribution in [0.3, 0.4) is 0 Å². The number of rotatable bonds is 2. The fraction of sp³-hybridized carbons (Fsp3) is 0.652. The summed E-state index contributed by atoms with van der Waals surface area (Å²) >= 11 is 0. The van der Waals surface area contributed by atoms with Gasteiger partial charge in [0, 0.05) is 11.0 Å². The highest BCUT2D eigenvalue weighted by molar-refractivity contribution is 5.95. The molecule has 1 N–H and O–H groups in total. The molecule has 4 aliphatic rings. The Kier molecular flexibility index (Phi) is 3.42. The molecule has 2 aliphatic heterocycles. The summed E-state index contributed by atoms with van der Waals surface area (Å²) in [6.45, 7) is 8.63. The van der Waals surface area contributed by atoms with Crippen molar-refractivity contribution in [1.82, 2.24) is 0 Å². The first-order valence-corrected chi connectivity index (χ1v) is 10.4. The molecule has 5 heteroatoms. The van der Waals surface area contributed by atoms with Crippen LogP contribution < -0.4 is 9.47 Å². The van der Waals surface area contributed by atoms with Gasteiger partial charge in [-0.25, -0.2) is 0 Å². The van der Waals surface area contributed by atoms with Crippen LogP contribution in [0.2, 0.25) is 0 Å². The topological polar surface area (TPSA) is 72.8 Å². The van der Waals surface area contributed by atoms with Crippen molar-refractivity contribution in [1.29, 1.82) is 0 Å². The zero-order valence-corrected chi connectivity index (χ0v) is 17.0. The van der Waals surface area contributed by atoms with E-state index in [2.05, 4.69) is 13.8 Å². The summed E-state index contributed by atoms with van der Waals surface area (Å²) in [6.07, 6.45) is 6.42. The number of hydrogen-bond acceptors (Lipinski definition) is 5. The Morgan fingerprint density at radius 2 is 1.54 bits per heavy atom. The third-order valence-corrected chi connectivity index (χ3v) is 8.29. The van der Waals surface area contributed by atoms with Crippen LogP contribution in [0, 0.1) is 17.3 Å². The van der Waals surface area contributed by atoms with Gasteiger partial charge in [0.1, 0.15) is 28.5 Å². The maximum absolute atomic E-state index is 11.9. The predicted octanol–water partition coefficient (Wildman–Crippen LogP) is 4.64. The molecule has 0 aromatic heterocycles. The number of benzene rings is 1. The van der Waals surface area contributed by atoms with Gasteiger partial charge in [-0.1, -0.05) is 13.8 Å². The van der Waals surface area contributed by atoms with E-state index < -0.39 is 5.60 Å². The standard InChI is InChI=1S/C23H28O5/c1-21(2)8-12-9-23(14-6-5-13(7-14)22(23,3)4)28-20-16(11-25)18(26)15(10-24)19(27-21)17(12)20/h10-14,26H,5-9H2,1-4H3/t12?,13-,14+,23?/m0/s1. The zero-order valence-electron chi connectivity index (χ0n) is 17.0. The second-order valence-electron chi connectivity index (χ2n) is 10.4. The van der Waals surface area contributed by atoms with Gasteiger partial charge in [0.25, 0.3) is 0 Å². The molecule has 1 spiro atoms. The van der Waals surface area contributed by atoms with Crippen LogP contribution >= 0.6 is 0 Å². The summed E-state index contributed by atoms with van der Waals surface area (Å²) in [7, 11) is 0. The molecule has 2 aliphatic carbocycles. The zero-order chi connectivity index (χ0) is 20.1. The van der Waals surface area contributed by atoms with Gasteiger partial charge in [0.05, 0.1) is 11.1 Å². The van der Waals surface area contributed by atoms with Crippen LogP contribution in [0.5, 0.6) is 17.2 Å². The number of ether oxygens (including phenoxy) is 2. The summed E-state index contributed by atoms with van der Waals surface area (Å²) in [5, 5.41) is 10.7. The fourth-order valence-corrected chi connectivity index (χ4v) is 6.92. The molecule has 5 rings (SSSR count). The van der Waals surface area contributed by atoms with E-state index >= 15 is 0 Å². The van der Waals surface area contributed by atoms with Crippen LogP contribution in [0.15, 0.2) is 0 Å². The van der Waals surface area contributed by atoms with Crippen molar-refractivity contribution in [3.63, 3.8) is 0 Å². The van der Waals surface area contributed by atoms with Gasteiger partial charge in [-0.15, -0.1) is 0 Å². The van der Waals surface area contributed by atoms with Gasteiger partial charge in [0.15, 0.2) is 12.6 Å². The van der Waals surface area contributed by atoms with E-state index in [0.717, 1.165) is 31.2 Å². The van der Waals surface area contributed by atoms with E-state index in [1.807, 2.05) is 13.8 Å². The van der Waals surface area contributed by atoms with E-state index in [4.69, 9.17) is 9.47 Å². The SMILES string of the molecule is CC1(C)CC2CC3(Oc4c(C=O)c(O)c(C=O)c(c42)O1)[C@@H]1CC[C@@H](C1)C3(C)C. The molecule has 150 valence electrons. The van der Waals surface area contributed by atoms with E-state index in [9.17, 15) is 14.7 Å². The second-order valence-corrected chi connectivity index (χ2v) is 10.4. The molecule has 0 amide bonds. The number of aromatic hydroxyl groups is 1. The quantitative estimate of drug-likeness (QED) is 0.752. The number of carbonyl (C=O) groups is 2. The Morgan fingerprint density at radius 1 is 0.929 bits per heavy atom. The van der Waals surface area contributed by atoms with E-state index in [1.54, 1.807) is 0 Å². The molecule has 1 aromatic rings. The van der Waals surface area contributed by atoms with Gasteiger partial charge in [-0.2, -0.15) is 0 Å². The maximum Gasteiger partial charge on any atom is 0.157 e. The lowest BCUT2D eigenvalue weighted by molar-refractivity contribution is -0.111. The molecule has 1 aromatic carbocycles.